The quantitative estimate of drug-likeness (QED) is 0.646. The first-order chi connectivity index (χ1) is 9.51. The zero-order chi connectivity index (χ0) is 14.8. The molecule has 2 heterocycles. The molecule has 0 aromatic carbocycles. The average Bonchev–Trinajstić information content (AvgIpc) is 2.72. The summed E-state index contributed by atoms with van der Waals surface area (Å²) in [5.74, 6) is 5.78. The number of aryl methyl sites for hydroxylation is 2. The SMILES string of the molecule is CCn1nc(C)c(Cl)c1CC(NN)C1(C)CCCCO1. The minimum Gasteiger partial charge on any atom is -0.374 e. The number of nitrogens with one attached hydrogen (secondary N) is 1. The van der Waals surface area contributed by atoms with Crippen molar-refractivity contribution in [3.05, 3.63) is 16.4 Å². The third-order valence-corrected chi connectivity index (χ3v) is 4.78. The summed E-state index contributed by atoms with van der Waals surface area (Å²) in [6, 6.07) is 0.0294. The summed E-state index contributed by atoms with van der Waals surface area (Å²) in [6.07, 6.45) is 4.04. The number of hydrogen-bond donors (Lipinski definition) is 2. The van der Waals surface area contributed by atoms with Gasteiger partial charge in [-0.25, -0.2) is 0 Å². The lowest BCUT2D eigenvalue weighted by Crippen LogP contribution is -2.55. The number of nitrogens with two attached hydrogens (primary N) is 1. The Balaban J connectivity index is 2.22. The van der Waals surface area contributed by atoms with Gasteiger partial charge in [-0.3, -0.25) is 16.0 Å². The molecule has 1 aromatic rings. The fraction of sp³-hybridized carbons (Fsp3) is 0.786. The Morgan fingerprint density at radius 3 is 2.85 bits per heavy atom. The Morgan fingerprint density at radius 1 is 1.55 bits per heavy atom. The van der Waals surface area contributed by atoms with Gasteiger partial charge in [-0.1, -0.05) is 11.6 Å². The Kier molecular flexibility index (Phi) is 5.07. The van der Waals surface area contributed by atoms with E-state index in [0.717, 1.165) is 48.8 Å². The normalized spacial score (nSPS) is 24.9. The summed E-state index contributed by atoms with van der Waals surface area (Å²) in [5.41, 5.74) is 4.58. The summed E-state index contributed by atoms with van der Waals surface area (Å²) >= 11 is 6.39. The van der Waals surface area contributed by atoms with E-state index in [-0.39, 0.29) is 11.6 Å². The first-order valence-corrected chi connectivity index (χ1v) is 7.71. The lowest BCUT2D eigenvalue weighted by atomic mass is 9.86. The number of hydrogen-bond acceptors (Lipinski definition) is 4. The molecule has 20 heavy (non-hydrogen) atoms. The van der Waals surface area contributed by atoms with Crippen LogP contribution in [0.1, 0.15) is 44.5 Å². The van der Waals surface area contributed by atoms with Crippen LogP contribution in [0.5, 0.6) is 0 Å². The molecule has 6 heteroatoms. The van der Waals surface area contributed by atoms with Gasteiger partial charge >= 0.3 is 0 Å². The maximum absolute atomic E-state index is 6.39. The van der Waals surface area contributed by atoms with Gasteiger partial charge in [0.1, 0.15) is 0 Å². The topological polar surface area (TPSA) is 65.1 Å². The lowest BCUT2D eigenvalue weighted by Gasteiger charge is -2.40. The molecule has 1 aliphatic rings. The largest absolute Gasteiger partial charge is 0.374 e. The van der Waals surface area contributed by atoms with Crippen molar-refractivity contribution in [3.8, 4) is 0 Å². The van der Waals surface area contributed by atoms with Crippen LogP contribution in [-0.4, -0.2) is 28.0 Å². The highest BCUT2D eigenvalue weighted by atomic mass is 35.5. The maximum Gasteiger partial charge on any atom is 0.0847 e. The van der Waals surface area contributed by atoms with E-state index >= 15 is 0 Å². The predicted molar refractivity (Wildman–Crippen MR) is 80.7 cm³/mol. The summed E-state index contributed by atoms with van der Waals surface area (Å²) in [6.45, 7) is 7.73. The fourth-order valence-electron chi connectivity index (χ4n) is 2.94. The highest BCUT2D eigenvalue weighted by Crippen LogP contribution is 2.31. The van der Waals surface area contributed by atoms with Crippen LogP contribution in [0.25, 0.3) is 0 Å². The van der Waals surface area contributed by atoms with Gasteiger partial charge in [0.15, 0.2) is 0 Å². The average molecular weight is 301 g/mol. The molecular formula is C14H25ClN4O. The van der Waals surface area contributed by atoms with Crippen LogP contribution in [0.4, 0.5) is 0 Å². The van der Waals surface area contributed by atoms with Gasteiger partial charge in [-0.2, -0.15) is 5.10 Å². The van der Waals surface area contributed by atoms with Crippen molar-refractivity contribution in [2.24, 2.45) is 5.84 Å². The Hall–Kier alpha value is -0.620. The molecule has 1 aliphatic heterocycles. The Morgan fingerprint density at radius 2 is 2.30 bits per heavy atom. The van der Waals surface area contributed by atoms with Crippen LogP contribution in [0.15, 0.2) is 0 Å². The fourth-order valence-corrected chi connectivity index (χ4v) is 3.15. The van der Waals surface area contributed by atoms with E-state index in [1.165, 1.54) is 6.42 Å². The molecule has 2 unspecified atom stereocenters. The summed E-state index contributed by atoms with van der Waals surface area (Å²) in [7, 11) is 0. The number of ether oxygens (including phenoxy) is 1. The molecule has 0 aliphatic carbocycles. The number of halogens is 1. The van der Waals surface area contributed by atoms with E-state index in [9.17, 15) is 0 Å². The summed E-state index contributed by atoms with van der Waals surface area (Å²) in [4.78, 5) is 0. The smallest absolute Gasteiger partial charge is 0.0847 e. The molecule has 5 nitrogen and oxygen atoms in total. The van der Waals surface area contributed by atoms with Crippen LogP contribution in [0.3, 0.4) is 0 Å². The van der Waals surface area contributed by atoms with E-state index in [4.69, 9.17) is 22.2 Å². The third-order valence-electron chi connectivity index (χ3n) is 4.29. The van der Waals surface area contributed by atoms with Gasteiger partial charge < -0.3 is 4.74 Å². The number of rotatable bonds is 5. The van der Waals surface area contributed by atoms with E-state index in [0.29, 0.717) is 0 Å². The highest BCUT2D eigenvalue weighted by Gasteiger charge is 2.37. The van der Waals surface area contributed by atoms with E-state index in [1.807, 2.05) is 11.6 Å². The molecule has 0 radical (unpaired) electrons. The minimum absolute atomic E-state index is 0.0294. The van der Waals surface area contributed by atoms with Crippen molar-refractivity contribution >= 4 is 11.6 Å². The standard InChI is InChI=1S/C14H25ClN4O/c1-4-19-11(13(15)10(2)18-19)9-12(17-16)14(3)7-5-6-8-20-14/h12,17H,4-9,16H2,1-3H3. The summed E-state index contributed by atoms with van der Waals surface area (Å²) < 4.78 is 7.95. The van der Waals surface area contributed by atoms with Gasteiger partial charge in [0, 0.05) is 19.6 Å². The molecule has 2 atom stereocenters. The molecule has 1 fully saturated rings. The molecule has 114 valence electrons. The Labute approximate surface area is 125 Å². The molecule has 1 saturated heterocycles. The molecule has 3 N–H and O–H groups in total. The number of hydrazine groups is 1. The van der Waals surface area contributed by atoms with Gasteiger partial charge in [-0.05, 0) is 40.0 Å². The predicted octanol–water partition coefficient (Wildman–Crippen LogP) is 2.20. The monoisotopic (exact) mass is 300 g/mol. The second-order valence-electron chi connectivity index (χ2n) is 5.70. The molecule has 0 bridgehead atoms. The molecule has 0 amide bonds. The van der Waals surface area contributed by atoms with Crippen molar-refractivity contribution in [2.75, 3.05) is 6.61 Å². The first kappa shape index (κ1) is 15.8. The van der Waals surface area contributed by atoms with Gasteiger partial charge in [0.2, 0.25) is 0 Å². The van der Waals surface area contributed by atoms with Crippen molar-refractivity contribution in [1.82, 2.24) is 15.2 Å². The van der Waals surface area contributed by atoms with Crippen molar-refractivity contribution in [3.63, 3.8) is 0 Å². The van der Waals surface area contributed by atoms with Crippen molar-refractivity contribution < 1.29 is 4.74 Å². The second-order valence-corrected chi connectivity index (χ2v) is 6.08. The molecule has 0 saturated carbocycles. The highest BCUT2D eigenvalue weighted by molar-refractivity contribution is 6.31. The maximum atomic E-state index is 6.39. The Bertz CT molecular complexity index is 454. The zero-order valence-corrected chi connectivity index (χ0v) is 13.3. The van der Waals surface area contributed by atoms with Crippen LogP contribution in [-0.2, 0) is 17.7 Å². The van der Waals surface area contributed by atoms with E-state index < -0.39 is 0 Å². The molecule has 1 aromatic heterocycles. The van der Waals surface area contributed by atoms with E-state index in [1.54, 1.807) is 0 Å². The van der Waals surface area contributed by atoms with Gasteiger partial charge in [-0.15, -0.1) is 0 Å². The summed E-state index contributed by atoms with van der Waals surface area (Å²) in [5, 5.41) is 5.20. The lowest BCUT2D eigenvalue weighted by molar-refractivity contribution is -0.0887. The second kappa shape index (κ2) is 6.43. The third kappa shape index (κ3) is 3.01. The zero-order valence-electron chi connectivity index (χ0n) is 12.6. The minimum atomic E-state index is -0.243. The number of nitrogens with zero attached hydrogens (tertiary/aromatic N) is 2. The van der Waals surface area contributed by atoms with Gasteiger partial charge in [0.05, 0.1) is 28.1 Å². The number of aromatic nitrogens is 2. The van der Waals surface area contributed by atoms with Crippen molar-refractivity contribution in [2.45, 2.75) is 64.6 Å². The first-order valence-electron chi connectivity index (χ1n) is 7.33. The van der Waals surface area contributed by atoms with E-state index in [2.05, 4.69) is 24.4 Å². The van der Waals surface area contributed by atoms with Crippen LogP contribution < -0.4 is 11.3 Å². The molecule has 0 spiro atoms. The molecular weight excluding hydrogens is 276 g/mol. The van der Waals surface area contributed by atoms with Crippen LogP contribution >= 0.6 is 11.6 Å². The van der Waals surface area contributed by atoms with Crippen molar-refractivity contribution in [1.29, 1.82) is 0 Å². The van der Waals surface area contributed by atoms with Crippen LogP contribution in [0.2, 0.25) is 5.02 Å². The van der Waals surface area contributed by atoms with Gasteiger partial charge in [0.25, 0.3) is 0 Å². The van der Waals surface area contributed by atoms with Crippen LogP contribution in [0, 0.1) is 6.92 Å². The molecule has 2 rings (SSSR count).